The number of carboxylic acids is 1. The van der Waals surface area contributed by atoms with Crippen LogP contribution in [0.2, 0.25) is 0 Å². The van der Waals surface area contributed by atoms with Crippen LogP contribution >= 0.6 is 22.6 Å². The topological polar surface area (TPSA) is 76.1 Å². The molecule has 2 fully saturated rings. The van der Waals surface area contributed by atoms with Gasteiger partial charge in [0.25, 0.3) is 0 Å². The molecule has 0 saturated carbocycles. The van der Waals surface area contributed by atoms with Crippen molar-refractivity contribution >= 4 is 34.7 Å². The lowest BCUT2D eigenvalue weighted by Gasteiger charge is -2.37. The molecular formula is C12H18INO5. The fourth-order valence-corrected chi connectivity index (χ4v) is 3.43. The van der Waals surface area contributed by atoms with Crippen molar-refractivity contribution in [3.63, 3.8) is 0 Å². The Bertz CT molecular complexity index is 348. The Morgan fingerprint density at radius 2 is 2.11 bits per heavy atom. The first-order valence-electron chi connectivity index (χ1n) is 6.40. The summed E-state index contributed by atoms with van der Waals surface area (Å²) in [6.07, 6.45) is 1.22. The minimum atomic E-state index is -0.765. The molecule has 0 bridgehead atoms. The molecule has 0 aromatic carbocycles. The van der Waals surface area contributed by atoms with Gasteiger partial charge in [-0.05, 0) is 12.8 Å². The van der Waals surface area contributed by atoms with Gasteiger partial charge in [0.1, 0.15) is 6.10 Å². The second-order valence-electron chi connectivity index (χ2n) is 5.08. The van der Waals surface area contributed by atoms with Gasteiger partial charge >= 0.3 is 12.1 Å². The van der Waals surface area contributed by atoms with Gasteiger partial charge < -0.3 is 19.5 Å². The molecule has 2 rings (SSSR count). The Kier molecular flexibility index (Phi) is 4.88. The number of likely N-dealkylation sites (tertiary alicyclic amines) is 1. The summed E-state index contributed by atoms with van der Waals surface area (Å²) in [4.78, 5) is 24.8. The molecular weight excluding hydrogens is 365 g/mol. The van der Waals surface area contributed by atoms with Gasteiger partial charge in [-0.3, -0.25) is 4.79 Å². The van der Waals surface area contributed by atoms with Gasteiger partial charge in [-0.1, -0.05) is 22.6 Å². The molecule has 6 nitrogen and oxygen atoms in total. The molecule has 2 aliphatic rings. The lowest BCUT2D eigenvalue weighted by atomic mass is 9.80. The van der Waals surface area contributed by atoms with Crippen molar-refractivity contribution < 1.29 is 24.2 Å². The lowest BCUT2D eigenvalue weighted by Crippen LogP contribution is -2.48. The molecule has 0 spiro atoms. The normalized spacial score (nSPS) is 26.2. The Morgan fingerprint density at radius 1 is 1.42 bits per heavy atom. The number of aliphatic carboxylic acids is 1. The predicted octanol–water partition coefficient (Wildman–Crippen LogP) is 1.51. The van der Waals surface area contributed by atoms with Crippen LogP contribution in [0.3, 0.4) is 0 Å². The zero-order chi connectivity index (χ0) is 13.9. The Morgan fingerprint density at radius 3 is 2.58 bits per heavy atom. The van der Waals surface area contributed by atoms with Crippen LogP contribution in [-0.2, 0) is 14.3 Å². The summed E-state index contributed by atoms with van der Waals surface area (Å²) >= 11 is 2.11. The fourth-order valence-electron chi connectivity index (χ4n) is 2.34. The summed E-state index contributed by atoms with van der Waals surface area (Å²) in [6.45, 7) is 1.99. The predicted molar refractivity (Wildman–Crippen MR) is 75.5 cm³/mol. The summed E-state index contributed by atoms with van der Waals surface area (Å²) in [5.74, 6) is -0.765. The number of rotatable bonds is 3. The van der Waals surface area contributed by atoms with Crippen molar-refractivity contribution in [2.24, 2.45) is 5.41 Å². The summed E-state index contributed by atoms with van der Waals surface area (Å²) in [5.41, 5.74) is -0.687. The lowest BCUT2D eigenvalue weighted by molar-refractivity contribution is -0.149. The molecule has 7 heteroatoms. The number of piperidine rings is 1. The minimum absolute atomic E-state index is 0.150. The van der Waals surface area contributed by atoms with Gasteiger partial charge in [0.15, 0.2) is 0 Å². The van der Waals surface area contributed by atoms with Crippen molar-refractivity contribution in [2.75, 3.05) is 30.7 Å². The molecule has 2 aliphatic heterocycles. The number of ether oxygens (including phenoxy) is 2. The molecule has 2 saturated heterocycles. The number of carboxylic acid groups (broad SMARTS) is 1. The average molecular weight is 383 g/mol. The number of carbonyl (C=O) groups excluding carboxylic acids is 1. The van der Waals surface area contributed by atoms with E-state index in [1.165, 1.54) is 0 Å². The van der Waals surface area contributed by atoms with Crippen molar-refractivity contribution in [1.29, 1.82) is 0 Å². The molecule has 1 atom stereocenters. The van der Waals surface area contributed by atoms with E-state index in [-0.39, 0.29) is 12.2 Å². The van der Waals surface area contributed by atoms with Crippen molar-refractivity contribution in [1.82, 2.24) is 4.90 Å². The van der Waals surface area contributed by atoms with Crippen LogP contribution in [0, 0.1) is 5.41 Å². The smallest absolute Gasteiger partial charge is 0.410 e. The first kappa shape index (κ1) is 14.8. The van der Waals surface area contributed by atoms with Crippen LogP contribution < -0.4 is 0 Å². The number of amides is 1. The molecule has 0 aliphatic carbocycles. The maximum atomic E-state index is 11.9. The first-order chi connectivity index (χ1) is 9.07. The van der Waals surface area contributed by atoms with Gasteiger partial charge in [-0.25, -0.2) is 4.79 Å². The second kappa shape index (κ2) is 6.25. The highest BCUT2D eigenvalue weighted by Crippen LogP contribution is 2.34. The van der Waals surface area contributed by atoms with E-state index in [9.17, 15) is 14.7 Å². The largest absolute Gasteiger partial charge is 0.481 e. The summed E-state index contributed by atoms with van der Waals surface area (Å²) < 4.78 is 11.0. The number of hydrogen-bond donors (Lipinski definition) is 1. The van der Waals surface area contributed by atoms with E-state index in [1.54, 1.807) is 4.90 Å². The monoisotopic (exact) mass is 383 g/mol. The minimum Gasteiger partial charge on any atom is -0.481 e. The molecule has 0 unspecified atom stereocenters. The number of alkyl halides is 1. The highest BCUT2D eigenvalue weighted by atomic mass is 127. The quantitative estimate of drug-likeness (QED) is 0.591. The highest BCUT2D eigenvalue weighted by molar-refractivity contribution is 14.1. The van der Waals surface area contributed by atoms with Gasteiger partial charge in [0.05, 0.1) is 18.6 Å². The van der Waals surface area contributed by atoms with Gasteiger partial charge in [-0.2, -0.15) is 0 Å². The third-order valence-corrected chi connectivity index (χ3v) is 5.30. The van der Waals surface area contributed by atoms with Crippen LogP contribution in [-0.4, -0.2) is 58.9 Å². The van der Waals surface area contributed by atoms with Crippen molar-refractivity contribution in [2.45, 2.75) is 25.4 Å². The molecule has 1 amide bonds. The summed E-state index contributed by atoms with van der Waals surface area (Å²) in [6, 6.07) is 0. The van der Waals surface area contributed by atoms with E-state index in [0.29, 0.717) is 43.6 Å². The number of halogens is 1. The van der Waals surface area contributed by atoms with E-state index >= 15 is 0 Å². The molecule has 19 heavy (non-hydrogen) atoms. The van der Waals surface area contributed by atoms with E-state index in [0.717, 1.165) is 6.42 Å². The first-order valence-corrected chi connectivity index (χ1v) is 7.93. The van der Waals surface area contributed by atoms with E-state index in [2.05, 4.69) is 22.6 Å². The van der Waals surface area contributed by atoms with Crippen molar-refractivity contribution in [3.8, 4) is 0 Å². The van der Waals surface area contributed by atoms with E-state index in [4.69, 9.17) is 9.47 Å². The van der Waals surface area contributed by atoms with Crippen LogP contribution in [0.25, 0.3) is 0 Å². The Balaban J connectivity index is 1.85. The van der Waals surface area contributed by atoms with Gasteiger partial charge in [0, 0.05) is 23.9 Å². The van der Waals surface area contributed by atoms with Crippen molar-refractivity contribution in [3.05, 3.63) is 0 Å². The van der Waals surface area contributed by atoms with Crippen LogP contribution in [0.5, 0.6) is 0 Å². The van der Waals surface area contributed by atoms with Crippen LogP contribution in [0.15, 0.2) is 0 Å². The third kappa shape index (κ3) is 3.31. The van der Waals surface area contributed by atoms with E-state index in [1.807, 2.05) is 0 Å². The number of carbonyl (C=O) groups is 2. The number of nitrogens with zero attached hydrogens (tertiary/aromatic N) is 1. The molecule has 2 heterocycles. The van der Waals surface area contributed by atoms with E-state index < -0.39 is 11.4 Å². The Hall–Kier alpha value is -0.570. The van der Waals surface area contributed by atoms with Gasteiger partial charge in [0.2, 0.25) is 0 Å². The molecule has 0 aromatic heterocycles. The third-order valence-electron chi connectivity index (χ3n) is 3.84. The number of hydrogen-bond acceptors (Lipinski definition) is 4. The van der Waals surface area contributed by atoms with Crippen LogP contribution in [0.1, 0.15) is 19.3 Å². The second-order valence-corrected chi connectivity index (χ2v) is 5.84. The standard InChI is InChI=1S/C12H18INO5/c13-8-12(10(15)16)2-4-14(5-3-12)11(17)19-9-1-6-18-7-9/h9H,1-8H2,(H,15,16)/t9-/m0/s1. The Labute approximate surface area is 125 Å². The molecule has 0 radical (unpaired) electrons. The zero-order valence-electron chi connectivity index (χ0n) is 10.6. The highest BCUT2D eigenvalue weighted by Gasteiger charge is 2.42. The zero-order valence-corrected chi connectivity index (χ0v) is 12.8. The molecule has 0 aromatic rings. The van der Waals surface area contributed by atoms with Crippen LogP contribution in [0.4, 0.5) is 4.79 Å². The summed E-state index contributed by atoms with van der Waals surface area (Å²) in [7, 11) is 0. The molecule has 1 N–H and O–H groups in total. The average Bonchev–Trinajstić information content (AvgIpc) is 2.91. The van der Waals surface area contributed by atoms with Gasteiger partial charge in [-0.15, -0.1) is 0 Å². The SMILES string of the molecule is O=C(O[C@H]1CCOC1)N1CCC(CI)(C(=O)O)CC1. The fraction of sp³-hybridized carbons (Fsp3) is 0.833. The summed E-state index contributed by atoms with van der Waals surface area (Å²) in [5, 5.41) is 9.29. The maximum absolute atomic E-state index is 11.9. The molecule has 108 valence electrons. The maximum Gasteiger partial charge on any atom is 0.410 e.